The SMILES string of the molecule is NC(=O)N1C2Cc3ccccc3C1c1ccccc12. The fourth-order valence-electron chi connectivity index (χ4n) is 3.54. The van der Waals surface area contributed by atoms with Crippen LogP contribution in [-0.4, -0.2) is 10.9 Å². The highest BCUT2D eigenvalue weighted by Gasteiger charge is 2.45. The minimum absolute atomic E-state index is 0.0105. The molecule has 3 nitrogen and oxygen atoms in total. The molecule has 2 aromatic carbocycles. The predicted octanol–water partition coefficient (Wildman–Crippen LogP) is 2.77. The van der Waals surface area contributed by atoms with Crippen molar-refractivity contribution in [1.29, 1.82) is 0 Å². The molecule has 2 aromatic rings. The molecule has 2 aliphatic heterocycles. The van der Waals surface area contributed by atoms with Crippen LogP contribution in [0.2, 0.25) is 0 Å². The maximum atomic E-state index is 11.8. The Morgan fingerprint density at radius 1 is 1.00 bits per heavy atom. The lowest BCUT2D eigenvalue weighted by molar-refractivity contribution is 0.170. The van der Waals surface area contributed by atoms with Crippen molar-refractivity contribution in [1.82, 2.24) is 4.90 Å². The molecule has 2 aliphatic rings. The zero-order valence-electron chi connectivity index (χ0n) is 10.4. The first-order valence-corrected chi connectivity index (χ1v) is 6.52. The van der Waals surface area contributed by atoms with Crippen LogP contribution in [0.25, 0.3) is 0 Å². The van der Waals surface area contributed by atoms with Gasteiger partial charge in [-0.05, 0) is 28.7 Å². The summed E-state index contributed by atoms with van der Waals surface area (Å²) in [6.07, 6.45) is 0.854. The lowest BCUT2D eigenvalue weighted by Crippen LogP contribution is -2.41. The van der Waals surface area contributed by atoms with E-state index in [0.717, 1.165) is 6.42 Å². The molecule has 0 saturated carbocycles. The average molecular weight is 250 g/mol. The zero-order chi connectivity index (χ0) is 13.0. The van der Waals surface area contributed by atoms with Gasteiger partial charge in [0.15, 0.2) is 0 Å². The molecule has 0 aromatic heterocycles. The lowest BCUT2D eigenvalue weighted by Gasteiger charge is -2.35. The molecule has 19 heavy (non-hydrogen) atoms. The van der Waals surface area contributed by atoms with E-state index in [2.05, 4.69) is 30.3 Å². The van der Waals surface area contributed by atoms with Crippen molar-refractivity contribution in [3.8, 4) is 0 Å². The maximum Gasteiger partial charge on any atom is 0.316 e. The molecular weight excluding hydrogens is 236 g/mol. The molecule has 94 valence electrons. The van der Waals surface area contributed by atoms with Gasteiger partial charge in [-0.15, -0.1) is 0 Å². The van der Waals surface area contributed by atoms with Crippen molar-refractivity contribution in [2.24, 2.45) is 5.73 Å². The van der Waals surface area contributed by atoms with E-state index in [4.69, 9.17) is 5.73 Å². The fourth-order valence-corrected chi connectivity index (χ4v) is 3.54. The average Bonchev–Trinajstić information content (AvgIpc) is 2.68. The summed E-state index contributed by atoms with van der Waals surface area (Å²) >= 11 is 0. The van der Waals surface area contributed by atoms with E-state index in [-0.39, 0.29) is 18.1 Å². The minimum atomic E-state index is -0.333. The number of nitrogens with two attached hydrogens (primary N) is 1. The highest BCUT2D eigenvalue weighted by Crippen LogP contribution is 2.51. The normalized spacial score (nSPS) is 22.8. The van der Waals surface area contributed by atoms with Crippen molar-refractivity contribution in [2.45, 2.75) is 18.5 Å². The molecule has 0 fully saturated rings. The summed E-state index contributed by atoms with van der Waals surface area (Å²) in [5.74, 6) is 0. The second-order valence-electron chi connectivity index (χ2n) is 5.20. The Hall–Kier alpha value is -2.29. The van der Waals surface area contributed by atoms with Gasteiger partial charge in [0.1, 0.15) is 0 Å². The summed E-state index contributed by atoms with van der Waals surface area (Å²) in [4.78, 5) is 13.7. The number of nitrogens with zero attached hydrogens (tertiary/aromatic N) is 1. The number of rotatable bonds is 0. The number of urea groups is 1. The van der Waals surface area contributed by atoms with E-state index >= 15 is 0 Å². The van der Waals surface area contributed by atoms with E-state index in [0.29, 0.717) is 0 Å². The quantitative estimate of drug-likeness (QED) is 0.767. The van der Waals surface area contributed by atoms with E-state index in [9.17, 15) is 4.79 Å². The van der Waals surface area contributed by atoms with E-state index in [1.165, 1.54) is 22.3 Å². The summed E-state index contributed by atoms with van der Waals surface area (Å²) in [5, 5.41) is 0. The first-order chi connectivity index (χ1) is 9.27. The summed E-state index contributed by atoms with van der Waals surface area (Å²) in [5.41, 5.74) is 10.6. The van der Waals surface area contributed by atoms with E-state index in [1.807, 2.05) is 23.1 Å². The number of benzene rings is 2. The van der Waals surface area contributed by atoms with Crippen LogP contribution in [0, 0.1) is 0 Å². The molecule has 2 atom stereocenters. The third kappa shape index (κ3) is 1.30. The number of carbonyl (C=O) groups excluding carboxylic acids is 1. The largest absolute Gasteiger partial charge is 0.351 e. The smallest absolute Gasteiger partial charge is 0.316 e. The molecule has 2 N–H and O–H groups in total. The molecule has 4 rings (SSSR count). The van der Waals surface area contributed by atoms with Gasteiger partial charge in [-0.2, -0.15) is 0 Å². The molecule has 0 saturated heterocycles. The third-order valence-electron chi connectivity index (χ3n) is 4.28. The van der Waals surface area contributed by atoms with Crippen LogP contribution in [-0.2, 0) is 6.42 Å². The summed E-state index contributed by atoms with van der Waals surface area (Å²) in [6.45, 7) is 0. The number of amides is 2. The van der Waals surface area contributed by atoms with Gasteiger partial charge < -0.3 is 10.6 Å². The van der Waals surface area contributed by atoms with Crippen molar-refractivity contribution in [3.63, 3.8) is 0 Å². The van der Waals surface area contributed by atoms with Gasteiger partial charge in [0.2, 0.25) is 0 Å². The zero-order valence-corrected chi connectivity index (χ0v) is 10.4. The summed E-state index contributed by atoms with van der Waals surface area (Å²) in [6, 6.07) is 16.4. The van der Waals surface area contributed by atoms with Gasteiger partial charge in [0.25, 0.3) is 0 Å². The standard InChI is InChI=1S/C16H14N2O/c17-16(19)18-14-9-10-5-1-2-6-11(10)15(18)13-8-4-3-7-12(13)14/h1-8,14-15H,9H2,(H2,17,19). The van der Waals surface area contributed by atoms with Crippen LogP contribution in [0.4, 0.5) is 4.79 Å². The van der Waals surface area contributed by atoms with Crippen molar-refractivity contribution in [2.75, 3.05) is 0 Å². The number of carbonyl (C=O) groups is 1. The van der Waals surface area contributed by atoms with Gasteiger partial charge in [-0.25, -0.2) is 4.79 Å². The van der Waals surface area contributed by atoms with Crippen molar-refractivity contribution in [3.05, 3.63) is 70.8 Å². The van der Waals surface area contributed by atoms with E-state index in [1.54, 1.807) is 0 Å². The number of hydrogen-bond acceptors (Lipinski definition) is 1. The van der Waals surface area contributed by atoms with Gasteiger partial charge in [-0.3, -0.25) is 0 Å². The second-order valence-corrected chi connectivity index (χ2v) is 5.20. The van der Waals surface area contributed by atoms with Crippen molar-refractivity contribution >= 4 is 6.03 Å². The molecule has 0 radical (unpaired) electrons. The molecular formula is C16H14N2O. The number of fused-ring (bicyclic) bond motifs is 7. The molecule has 2 unspecified atom stereocenters. The third-order valence-corrected chi connectivity index (χ3v) is 4.28. The Morgan fingerprint density at radius 3 is 2.37 bits per heavy atom. The first kappa shape index (κ1) is 10.6. The van der Waals surface area contributed by atoms with Gasteiger partial charge >= 0.3 is 6.03 Å². The maximum absolute atomic E-state index is 11.8. The van der Waals surface area contributed by atoms with Crippen LogP contribution < -0.4 is 5.73 Å². The Kier molecular flexibility index (Phi) is 2.01. The molecule has 2 heterocycles. The van der Waals surface area contributed by atoms with Crippen LogP contribution in [0.15, 0.2) is 48.5 Å². The number of hydrogen-bond donors (Lipinski definition) is 1. The fraction of sp³-hybridized carbons (Fsp3) is 0.188. The Morgan fingerprint density at radius 2 is 1.63 bits per heavy atom. The van der Waals surface area contributed by atoms with Crippen molar-refractivity contribution < 1.29 is 4.79 Å². The van der Waals surface area contributed by atoms with Crippen LogP contribution in [0.5, 0.6) is 0 Å². The second kappa shape index (κ2) is 3.60. The Labute approximate surface area is 111 Å². The highest BCUT2D eigenvalue weighted by molar-refractivity contribution is 5.76. The topological polar surface area (TPSA) is 46.3 Å². The molecule has 3 heteroatoms. The number of primary amides is 1. The van der Waals surface area contributed by atoms with Crippen LogP contribution in [0.3, 0.4) is 0 Å². The Bertz CT molecular complexity index is 669. The lowest BCUT2D eigenvalue weighted by atomic mass is 9.92. The summed E-state index contributed by atoms with van der Waals surface area (Å²) < 4.78 is 0. The molecule has 0 aliphatic carbocycles. The summed E-state index contributed by atoms with van der Waals surface area (Å²) in [7, 11) is 0. The predicted molar refractivity (Wildman–Crippen MR) is 72.6 cm³/mol. The molecule has 2 amide bonds. The van der Waals surface area contributed by atoms with Gasteiger partial charge in [-0.1, -0.05) is 48.5 Å². The first-order valence-electron chi connectivity index (χ1n) is 6.52. The van der Waals surface area contributed by atoms with Gasteiger partial charge in [0.05, 0.1) is 12.1 Å². The molecule has 2 bridgehead atoms. The molecule has 0 spiro atoms. The van der Waals surface area contributed by atoms with Gasteiger partial charge in [0, 0.05) is 0 Å². The highest BCUT2D eigenvalue weighted by atomic mass is 16.2. The van der Waals surface area contributed by atoms with Crippen LogP contribution in [0.1, 0.15) is 34.3 Å². The van der Waals surface area contributed by atoms with E-state index < -0.39 is 0 Å². The Balaban J connectivity index is 2.00. The minimum Gasteiger partial charge on any atom is -0.351 e. The monoisotopic (exact) mass is 250 g/mol. The van der Waals surface area contributed by atoms with Crippen LogP contribution >= 0.6 is 0 Å².